The van der Waals surface area contributed by atoms with Crippen molar-refractivity contribution in [3.63, 3.8) is 0 Å². The Bertz CT molecular complexity index is 548. The summed E-state index contributed by atoms with van der Waals surface area (Å²) in [6.07, 6.45) is 1.86. The molecule has 5 unspecified atom stereocenters. The Kier molecular flexibility index (Phi) is 4.33. The van der Waals surface area contributed by atoms with Gasteiger partial charge in [0.15, 0.2) is 0 Å². The molecule has 4 nitrogen and oxygen atoms in total. The molecule has 116 valence electrons. The molecule has 1 fully saturated rings. The third kappa shape index (κ3) is 2.62. The lowest BCUT2D eigenvalue weighted by Gasteiger charge is -2.24. The average molecular weight is 309 g/mol. The van der Waals surface area contributed by atoms with Gasteiger partial charge in [-0.3, -0.25) is 4.21 Å². The number of hydrogen-bond acceptors (Lipinski definition) is 4. The van der Waals surface area contributed by atoms with Gasteiger partial charge in [-0.25, -0.2) is 0 Å². The molecule has 1 aliphatic heterocycles. The van der Waals surface area contributed by atoms with Crippen LogP contribution < -0.4 is 10.1 Å². The fraction of sp³-hybridized carbons (Fsp3) is 0.625. The molecule has 5 heteroatoms. The molecule has 1 saturated heterocycles. The second kappa shape index (κ2) is 6.07. The normalized spacial score (nSPS) is 32.9. The third-order valence-corrected chi connectivity index (χ3v) is 6.95. The van der Waals surface area contributed by atoms with Crippen molar-refractivity contribution >= 4 is 10.8 Å². The van der Waals surface area contributed by atoms with Crippen LogP contribution in [0, 0.1) is 0 Å². The molecule has 1 aromatic rings. The van der Waals surface area contributed by atoms with Crippen LogP contribution in [0.4, 0.5) is 0 Å². The van der Waals surface area contributed by atoms with Gasteiger partial charge in [0.25, 0.3) is 0 Å². The minimum atomic E-state index is -0.894. The fourth-order valence-electron chi connectivity index (χ4n) is 3.51. The summed E-state index contributed by atoms with van der Waals surface area (Å²) in [6, 6.07) is 6.29. The molecular formula is C16H23NO3S. The van der Waals surface area contributed by atoms with E-state index in [-0.39, 0.29) is 22.6 Å². The van der Waals surface area contributed by atoms with Crippen LogP contribution in [0.3, 0.4) is 0 Å². The Balaban J connectivity index is 1.86. The lowest BCUT2D eigenvalue weighted by atomic mass is 10.1. The topological polar surface area (TPSA) is 47.6 Å². The number of benzene rings is 1. The molecule has 0 spiro atoms. The highest BCUT2D eigenvalue weighted by Gasteiger charge is 2.41. The lowest BCUT2D eigenvalue weighted by Crippen LogP contribution is -2.37. The van der Waals surface area contributed by atoms with E-state index in [1.54, 1.807) is 7.11 Å². The highest BCUT2D eigenvalue weighted by molar-refractivity contribution is 7.86. The van der Waals surface area contributed by atoms with Crippen molar-refractivity contribution in [2.24, 2.45) is 0 Å². The quantitative estimate of drug-likeness (QED) is 0.921. The highest BCUT2D eigenvalue weighted by Crippen LogP contribution is 2.38. The first-order chi connectivity index (χ1) is 10.2. The maximum Gasteiger partial charge on any atom is 0.119 e. The van der Waals surface area contributed by atoms with Crippen LogP contribution in [0.5, 0.6) is 5.75 Å². The smallest absolute Gasteiger partial charge is 0.119 e. The maximum absolute atomic E-state index is 13.0. The van der Waals surface area contributed by atoms with E-state index in [0.29, 0.717) is 0 Å². The van der Waals surface area contributed by atoms with Crippen LogP contribution in [0.15, 0.2) is 18.2 Å². The highest BCUT2D eigenvalue weighted by atomic mass is 32.2. The van der Waals surface area contributed by atoms with Crippen LogP contribution in [-0.2, 0) is 22.0 Å². The Morgan fingerprint density at radius 1 is 1.38 bits per heavy atom. The van der Waals surface area contributed by atoms with Crippen LogP contribution in [0.2, 0.25) is 0 Å². The molecule has 2 aliphatic rings. The van der Waals surface area contributed by atoms with E-state index >= 15 is 0 Å². The van der Waals surface area contributed by atoms with Crippen molar-refractivity contribution in [1.82, 2.24) is 5.32 Å². The number of ether oxygens (including phenoxy) is 2. The summed E-state index contributed by atoms with van der Waals surface area (Å²) >= 11 is 0. The second-order valence-corrected chi connectivity index (χ2v) is 7.67. The predicted octanol–water partition coefficient (Wildman–Crippen LogP) is 1.81. The summed E-state index contributed by atoms with van der Waals surface area (Å²) in [4.78, 5) is 0. The number of nitrogens with one attached hydrogen (secondary N) is 1. The molecule has 0 radical (unpaired) electrons. The zero-order valence-electron chi connectivity index (χ0n) is 12.8. The van der Waals surface area contributed by atoms with Gasteiger partial charge < -0.3 is 14.8 Å². The molecule has 1 aliphatic carbocycles. The van der Waals surface area contributed by atoms with Crippen LogP contribution >= 0.6 is 0 Å². The molecule has 0 aromatic heterocycles. The number of methoxy groups -OCH3 is 1. The minimum absolute atomic E-state index is 0.0987. The van der Waals surface area contributed by atoms with Gasteiger partial charge in [-0.1, -0.05) is 6.07 Å². The summed E-state index contributed by atoms with van der Waals surface area (Å²) in [5.74, 6) is 0.859. The molecule has 5 atom stereocenters. The van der Waals surface area contributed by atoms with E-state index in [1.165, 1.54) is 11.1 Å². The monoisotopic (exact) mass is 309 g/mol. The van der Waals surface area contributed by atoms with Gasteiger partial charge in [0.1, 0.15) is 5.75 Å². The van der Waals surface area contributed by atoms with Gasteiger partial charge in [-0.2, -0.15) is 0 Å². The Morgan fingerprint density at radius 2 is 2.19 bits per heavy atom. The number of rotatable bonds is 4. The average Bonchev–Trinajstić information content (AvgIpc) is 3.08. The first-order valence-corrected chi connectivity index (χ1v) is 8.78. The molecule has 3 rings (SSSR count). The zero-order chi connectivity index (χ0) is 15.0. The molecule has 1 heterocycles. The van der Waals surface area contributed by atoms with E-state index < -0.39 is 10.8 Å². The fourth-order valence-corrected chi connectivity index (χ4v) is 5.64. The summed E-state index contributed by atoms with van der Waals surface area (Å²) in [6.45, 7) is 2.77. The van der Waals surface area contributed by atoms with Crippen molar-refractivity contribution in [2.45, 2.75) is 42.4 Å². The van der Waals surface area contributed by atoms with E-state index in [4.69, 9.17) is 9.47 Å². The molecule has 0 amide bonds. The summed E-state index contributed by atoms with van der Waals surface area (Å²) in [5, 5.41) is 3.62. The predicted molar refractivity (Wildman–Crippen MR) is 84.2 cm³/mol. The van der Waals surface area contributed by atoms with Crippen molar-refractivity contribution in [3.8, 4) is 5.75 Å². The van der Waals surface area contributed by atoms with Gasteiger partial charge in [0.05, 0.1) is 23.7 Å². The van der Waals surface area contributed by atoms with Crippen molar-refractivity contribution < 1.29 is 13.7 Å². The standard InChI is InChI=1S/C16H23NO3S/c1-10-14(6-7-20-10)21(18)15-8-11-4-5-12(19-3)9-13(11)16(15)17-2/h4-5,9-10,14-17H,6-8H2,1-3H3. The van der Waals surface area contributed by atoms with Crippen LogP contribution in [0.1, 0.15) is 30.5 Å². The summed E-state index contributed by atoms with van der Waals surface area (Å²) in [5.41, 5.74) is 2.50. The second-order valence-electron chi connectivity index (χ2n) is 5.81. The van der Waals surface area contributed by atoms with Crippen molar-refractivity contribution in [3.05, 3.63) is 29.3 Å². The van der Waals surface area contributed by atoms with E-state index in [1.807, 2.05) is 20.0 Å². The first kappa shape index (κ1) is 15.0. The Hall–Kier alpha value is -0.910. The van der Waals surface area contributed by atoms with E-state index in [9.17, 15) is 4.21 Å². The van der Waals surface area contributed by atoms with E-state index in [0.717, 1.165) is 25.2 Å². The van der Waals surface area contributed by atoms with Gasteiger partial charge >= 0.3 is 0 Å². The van der Waals surface area contributed by atoms with Crippen molar-refractivity contribution in [1.29, 1.82) is 0 Å². The van der Waals surface area contributed by atoms with Crippen LogP contribution in [-0.4, -0.2) is 41.6 Å². The maximum atomic E-state index is 13.0. The summed E-state index contributed by atoms with van der Waals surface area (Å²) in [7, 11) is 2.73. The third-order valence-electron chi connectivity index (χ3n) is 4.70. The molecule has 0 saturated carbocycles. The number of hydrogen-bond donors (Lipinski definition) is 1. The Morgan fingerprint density at radius 3 is 2.81 bits per heavy atom. The van der Waals surface area contributed by atoms with E-state index in [2.05, 4.69) is 17.4 Å². The zero-order valence-corrected chi connectivity index (χ0v) is 13.6. The minimum Gasteiger partial charge on any atom is -0.497 e. The van der Waals surface area contributed by atoms with Gasteiger partial charge in [0.2, 0.25) is 0 Å². The first-order valence-electron chi connectivity index (χ1n) is 7.50. The SMILES string of the molecule is CNC1c2cc(OC)ccc2CC1S(=O)C1CCOC1C. The summed E-state index contributed by atoms with van der Waals surface area (Å²) < 4.78 is 23.9. The molecular weight excluding hydrogens is 286 g/mol. The van der Waals surface area contributed by atoms with Gasteiger partial charge in [-0.05, 0) is 50.1 Å². The Labute approximate surface area is 128 Å². The number of fused-ring (bicyclic) bond motifs is 1. The van der Waals surface area contributed by atoms with Gasteiger partial charge in [0, 0.05) is 23.4 Å². The molecule has 0 bridgehead atoms. The van der Waals surface area contributed by atoms with Crippen molar-refractivity contribution in [2.75, 3.05) is 20.8 Å². The van der Waals surface area contributed by atoms with Gasteiger partial charge in [-0.15, -0.1) is 0 Å². The molecule has 1 N–H and O–H groups in total. The lowest BCUT2D eigenvalue weighted by molar-refractivity contribution is 0.126. The van der Waals surface area contributed by atoms with Crippen LogP contribution in [0.25, 0.3) is 0 Å². The molecule has 21 heavy (non-hydrogen) atoms. The molecule has 1 aromatic carbocycles. The largest absolute Gasteiger partial charge is 0.497 e.